The molecule has 1 aliphatic heterocycles. The third-order valence-electron chi connectivity index (χ3n) is 5.38. The van der Waals surface area contributed by atoms with Crippen molar-refractivity contribution in [2.24, 2.45) is 11.7 Å². The molecule has 4 N–H and O–H groups in total. The van der Waals surface area contributed by atoms with Crippen LogP contribution in [0.15, 0.2) is 66.7 Å². The third-order valence-corrected chi connectivity index (χ3v) is 5.38. The Bertz CT molecular complexity index is 1060. The van der Waals surface area contributed by atoms with E-state index in [9.17, 15) is 14.4 Å². The monoisotopic (exact) mass is 434 g/mol. The summed E-state index contributed by atoms with van der Waals surface area (Å²) in [6.45, 7) is 5.94. The van der Waals surface area contributed by atoms with Crippen molar-refractivity contribution in [3.8, 4) is 5.69 Å². The van der Waals surface area contributed by atoms with Crippen molar-refractivity contribution < 1.29 is 14.4 Å². The lowest BCUT2D eigenvalue weighted by molar-refractivity contribution is -0.148. The van der Waals surface area contributed by atoms with E-state index < -0.39 is 17.7 Å². The summed E-state index contributed by atoms with van der Waals surface area (Å²) in [4.78, 5) is 38.4. The fourth-order valence-corrected chi connectivity index (χ4v) is 3.68. The van der Waals surface area contributed by atoms with E-state index in [4.69, 9.17) is 11.1 Å². The molecule has 1 fully saturated rings. The van der Waals surface area contributed by atoms with Crippen LogP contribution in [0.3, 0.4) is 0 Å². The highest BCUT2D eigenvalue weighted by molar-refractivity contribution is 6.36. The molecular weight excluding hydrogens is 408 g/mol. The Morgan fingerprint density at radius 2 is 1.97 bits per heavy atom. The van der Waals surface area contributed by atoms with Crippen LogP contribution in [-0.2, 0) is 14.4 Å². The average molecular weight is 435 g/mol. The van der Waals surface area contributed by atoms with E-state index >= 15 is 0 Å². The van der Waals surface area contributed by atoms with E-state index in [1.54, 1.807) is 15.8 Å². The van der Waals surface area contributed by atoms with Gasteiger partial charge in [0.1, 0.15) is 0 Å². The molecule has 1 aliphatic rings. The van der Waals surface area contributed by atoms with Crippen molar-refractivity contribution in [1.82, 2.24) is 20.0 Å². The standard InChI is InChI=1S/C23H26N6O3/c1-15-4-9-20(17-5-7-19(8-6-17)29-11-3-10-26-29)28(14-15)23(32)22(31)27-18(13-24)12-16(2)21(25)30/h3,5-8,10-13,15,20,24H,2,4,9,14H2,1H3,(H2,25,30)(H,27,31)/b18-12+,24-13?/t15-,20+/m1/s1. The van der Waals surface area contributed by atoms with Crippen LogP contribution in [-0.4, -0.2) is 45.2 Å². The van der Waals surface area contributed by atoms with Crippen LogP contribution in [0.25, 0.3) is 5.69 Å². The number of primary amides is 1. The highest BCUT2D eigenvalue weighted by Crippen LogP contribution is 2.33. The van der Waals surface area contributed by atoms with Gasteiger partial charge in [-0.1, -0.05) is 25.6 Å². The van der Waals surface area contributed by atoms with Crippen molar-refractivity contribution >= 4 is 23.9 Å². The Labute approximate surface area is 186 Å². The number of hydrogen-bond acceptors (Lipinski definition) is 5. The number of likely N-dealkylation sites (tertiary alicyclic amines) is 1. The smallest absolute Gasteiger partial charge is 0.313 e. The molecule has 9 heteroatoms. The Hall–Kier alpha value is -4.01. The fraction of sp³-hybridized carbons (Fsp3) is 0.261. The SMILES string of the molecule is C=C(/C=C(\C=N)NC(=O)C(=O)N1C[C@H](C)CC[C@H]1c1ccc(-n2cccn2)cc1)C(N)=O. The van der Waals surface area contributed by atoms with Gasteiger partial charge in [-0.2, -0.15) is 5.10 Å². The predicted octanol–water partition coefficient (Wildman–Crippen LogP) is 1.86. The van der Waals surface area contributed by atoms with Gasteiger partial charge in [-0.3, -0.25) is 14.4 Å². The first-order chi connectivity index (χ1) is 15.3. The summed E-state index contributed by atoms with van der Waals surface area (Å²) < 4.78 is 1.74. The highest BCUT2D eigenvalue weighted by Gasteiger charge is 2.34. The van der Waals surface area contributed by atoms with Crippen molar-refractivity contribution in [2.75, 3.05) is 6.54 Å². The minimum absolute atomic E-state index is 0.0441. The van der Waals surface area contributed by atoms with Gasteiger partial charge in [0.25, 0.3) is 0 Å². The number of carbonyl (C=O) groups excluding carboxylic acids is 3. The molecule has 0 unspecified atom stereocenters. The third kappa shape index (κ3) is 5.18. The predicted molar refractivity (Wildman–Crippen MR) is 120 cm³/mol. The summed E-state index contributed by atoms with van der Waals surface area (Å²) in [5.74, 6) is -2.12. The molecule has 0 radical (unpaired) electrons. The van der Waals surface area contributed by atoms with E-state index in [0.29, 0.717) is 6.54 Å². The molecule has 0 bridgehead atoms. The first-order valence-electron chi connectivity index (χ1n) is 10.2. The molecule has 0 aliphatic carbocycles. The summed E-state index contributed by atoms with van der Waals surface area (Å²) in [5, 5.41) is 14.0. The van der Waals surface area contributed by atoms with Gasteiger partial charge in [0.05, 0.1) is 17.4 Å². The maximum absolute atomic E-state index is 13.0. The summed E-state index contributed by atoms with van der Waals surface area (Å²) in [5.41, 5.74) is 6.83. The number of piperidine rings is 1. The van der Waals surface area contributed by atoms with Crippen molar-refractivity contribution in [2.45, 2.75) is 25.8 Å². The van der Waals surface area contributed by atoms with Crippen LogP contribution < -0.4 is 11.1 Å². The van der Waals surface area contributed by atoms with Crippen molar-refractivity contribution in [1.29, 1.82) is 5.41 Å². The van der Waals surface area contributed by atoms with Gasteiger partial charge < -0.3 is 21.4 Å². The fourth-order valence-electron chi connectivity index (χ4n) is 3.68. The molecule has 2 heterocycles. The van der Waals surface area contributed by atoms with Crippen LogP contribution in [0.5, 0.6) is 0 Å². The van der Waals surface area contributed by atoms with Gasteiger partial charge in [-0.25, -0.2) is 4.68 Å². The Kier molecular flexibility index (Phi) is 6.99. The summed E-state index contributed by atoms with van der Waals surface area (Å²) >= 11 is 0. The van der Waals surface area contributed by atoms with Gasteiger partial charge in [-0.05, 0) is 48.6 Å². The number of nitrogens with zero attached hydrogens (tertiary/aromatic N) is 3. The normalized spacial score (nSPS) is 18.7. The molecule has 1 saturated heterocycles. The summed E-state index contributed by atoms with van der Waals surface area (Å²) in [7, 11) is 0. The number of amides is 3. The number of nitrogens with one attached hydrogen (secondary N) is 2. The van der Waals surface area contributed by atoms with Crippen molar-refractivity contribution in [3.05, 3.63) is 72.2 Å². The minimum atomic E-state index is -0.885. The quantitative estimate of drug-likeness (QED) is 0.277. The lowest BCUT2D eigenvalue weighted by Crippen LogP contribution is -2.48. The van der Waals surface area contributed by atoms with E-state index in [1.165, 1.54) is 0 Å². The minimum Gasteiger partial charge on any atom is -0.366 e. The van der Waals surface area contributed by atoms with Crippen LogP contribution in [0, 0.1) is 11.3 Å². The van der Waals surface area contributed by atoms with Crippen LogP contribution >= 0.6 is 0 Å². The Morgan fingerprint density at radius 3 is 2.56 bits per heavy atom. The van der Waals surface area contributed by atoms with E-state index in [1.807, 2.05) is 43.5 Å². The van der Waals surface area contributed by atoms with E-state index in [-0.39, 0.29) is 23.2 Å². The molecule has 3 rings (SSSR count). The molecule has 0 saturated carbocycles. The van der Waals surface area contributed by atoms with E-state index in [2.05, 4.69) is 17.0 Å². The molecule has 0 spiro atoms. The van der Waals surface area contributed by atoms with E-state index in [0.717, 1.165) is 36.4 Å². The molecule has 9 nitrogen and oxygen atoms in total. The Morgan fingerprint density at radius 1 is 1.25 bits per heavy atom. The first kappa shape index (κ1) is 22.7. The summed E-state index contributed by atoms with van der Waals surface area (Å²) in [6, 6.07) is 9.32. The maximum Gasteiger partial charge on any atom is 0.313 e. The number of hydrogen-bond donors (Lipinski definition) is 3. The second-order valence-corrected chi connectivity index (χ2v) is 7.79. The van der Waals surface area contributed by atoms with Crippen LogP contribution in [0.1, 0.15) is 31.4 Å². The number of carbonyl (C=O) groups is 3. The topological polar surface area (TPSA) is 134 Å². The number of rotatable bonds is 6. The molecule has 1 aromatic carbocycles. The van der Waals surface area contributed by atoms with Gasteiger partial charge in [0.2, 0.25) is 5.91 Å². The second kappa shape index (κ2) is 9.86. The number of aromatic nitrogens is 2. The molecule has 166 valence electrons. The lowest BCUT2D eigenvalue weighted by atomic mass is 9.89. The number of nitrogens with two attached hydrogens (primary N) is 1. The second-order valence-electron chi connectivity index (χ2n) is 7.79. The molecule has 1 aromatic heterocycles. The molecule has 32 heavy (non-hydrogen) atoms. The zero-order valence-electron chi connectivity index (χ0n) is 17.8. The number of benzene rings is 1. The van der Waals surface area contributed by atoms with Gasteiger partial charge in [0.15, 0.2) is 0 Å². The van der Waals surface area contributed by atoms with Gasteiger partial charge in [0, 0.05) is 30.7 Å². The van der Waals surface area contributed by atoms with Gasteiger partial charge in [-0.15, -0.1) is 0 Å². The summed E-state index contributed by atoms with van der Waals surface area (Å²) in [6.07, 6.45) is 7.19. The molecule has 2 aromatic rings. The first-order valence-corrected chi connectivity index (χ1v) is 10.2. The maximum atomic E-state index is 13.0. The van der Waals surface area contributed by atoms with Gasteiger partial charge >= 0.3 is 11.8 Å². The molecule has 3 amide bonds. The zero-order chi connectivity index (χ0) is 23.3. The molecule has 2 atom stereocenters. The molecular formula is C23H26N6O3. The van der Waals surface area contributed by atoms with Crippen LogP contribution in [0.2, 0.25) is 0 Å². The lowest BCUT2D eigenvalue weighted by Gasteiger charge is -2.38. The Balaban J connectivity index is 1.79. The number of allylic oxidation sites excluding steroid dienone is 1. The average Bonchev–Trinajstić information content (AvgIpc) is 3.33. The van der Waals surface area contributed by atoms with Crippen LogP contribution in [0.4, 0.5) is 0 Å². The van der Waals surface area contributed by atoms with Crippen molar-refractivity contribution in [3.63, 3.8) is 0 Å². The largest absolute Gasteiger partial charge is 0.366 e. The zero-order valence-corrected chi connectivity index (χ0v) is 17.8. The highest BCUT2D eigenvalue weighted by atomic mass is 16.2.